The van der Waals surface area contributed by atoms with Gasteiger partial charge >= 0.3 is 0 Å². The van der Waals surface area contributed by atoms with Crippen molar-refractivity contribution in [1.82, 2.24) is 10.4 Å². The predicted octanol–water partition coefficient (Wildman–Crippen LogP) is 2.15. The summed E-state index contributed by atoms with van der Waals surface area (Å²) in [4.78, 5) is 27.2. The molecule has 136 valence electrons. The minimum Gasteiger partial charge on any atom is -0.545 e. The number of carbonyl (C=O) groups is 2. The number of para-hydroxylation sites is 1. The quantitative estimate of drug-likeness (QED) is 0.403. The molecule has 1 aromatic heterocycles. The predicted molar refractivity (Wildman–Crippen MR) is 104 cm³/mol. The molecule has 1 amide bonds. The number of nitrogens with zero attached hydrogens (tertiary/aromatic N) is 2. The molecule has 0 saturated heterocycles. The number of aromatic nitrogens is 1. The van der Waals surface area contributed by atoms with Crippen LogP contribution in [0.2, 0.25) is 0 Å². The number of carbonyl (C=O) groups excluding carboxylic acids is 2. The number of aryl methyl sites for hydroxylation is 1. The third-order valence-corrected chi connectivity index (χ3v) is 4.71. The Morgan fingerprint density at radius 3 is 2.67 bits per heavy atom. The van der Waals surface area contributed by atoms with Gasteiger partial charge in [0.1, 0.15) is 0 Å². The van der Waals surface area contributed by atoms with Crippen LogP contribution in [-0.2, 0) is 4.79 Å². The van der Waals surface area contributed by atoms with Crippen molar-refractivity contribution in [2.24, 2.45) is 5.10 Å². The number of hydrazone groups is 1. The molecule has 0 bridgehead atoms. The van der Waals surface area contributed by atoms with Gasteiger partial charge in [-0.1, -0.05) is 54.2 Å². The molecule has 0 radical (unpaired) electrons. The van der Waals surface area contributed by atoms with E-state index in [4.69, 9.17) is 0 Å². The summed E-state index contributed by atoms with van der Waals surface area (Å²) in [6, 6.07) is 15.8. The molecule has 3 rings (SSSR count). The lowest BCUT2D eigenvalue weighted by Gasteiger charge is -2.05. The standard InChI is InChI=1S/C20H17N3O3S/c1-13-10-19(22-17-5-3-2-4-16(13)17)27-12-18(24)23-21-11-14-6-8-15(9-7-14)20(25)26/h2-11H,12H2,1H3,(H,23,24)(H,25,26)/p-1/b21-11-. The molecule has 0 fully saturated rings. The highest BCUT2D eigenvalue weighted by Gasteiger charge is 2.06. The molecular weight excluding hydrogens is 362 g/mol. The van der Waals surface area contributed by atoms with Crippen molar-refractivity contribution < 1.29 is 14.7 Å². The van der Waals surface area contributed by atoms with Gasteiger partial charge in [-0.25, -0.2) is 10.4 Å². The lowest BCUT2D eigenvalue weighted by Crippen LogP contribution is -2.22. The minimum atomic E-state index is -1.23. The van der Waals surface area contributed by atoms with Crippen molar-refractivity contribution in [2.45, 2.75) is 11.9 Å². The Hall–Kier alpha value is -3.19. The van der Waals surface area contributed by atoms with Crippen LogP contribution >= 0.6 is 11.8 Å². The minimum absolute atomic E-state index is 0.0887. The summed E-state index contributed by atoms with van der Waals surface area (Å²) in [5, 5.41) is 16.4. The van der Waals surface area contributed by atoms with Gasteiger partial charge in [0, 0.05) is 5.39 Å². The van der Waals surface area contributed by atoms with E-state index < -0.39 is 5.97 Å². The Bertz CT molecular complexity index is 1020. The normalized spacial score (nSPS) is 11.0. The van der Waals surface area contributed by atoms with Crippen LogP contribution in [0.3, 0.4) is 0 Å². The fraction of sp³-hybridized carbons (Fsp3) is 0.100. The van der Waals surface area contributed by atoms with E-state index in [0.29, 0.717) is 5.56 Å². The van der Waals surface area contributed by atoms with Gasteiger partial charge in [0.15, 0.2) is 0 Å². The third kappa shape index (κ3) is 4.92. The first-order valence-electron chi connectivity index (χ1n) is 8.15. The molecule has 0 aliphatic heterocycles. The van der Waals surface area contributed by atoms with Crippen LogP contribution in [0, 0.1) is 6.92 Å². The van der Waals surface area contributed by atoms with Crippen LogP contribution in [-0.4, -0.2) is 28.8 Å². The highest BCUT2D eigenvalue weighted by atomic mass is 32.2. The van der Waals surface area contributed by atoms with E-state index in [1.54, 1.807) is 12.1 Å². The molecule has 0 spiro atoms. The lowest BCUT2D eigenvalue weighted by atomic mass is 10.1. The van der Waals surface area contributed by atoms with Gasteiger partial charge in [0.25, 0.3) is 0 Å². The molecule has 3 aromatic rings. The summed E-state index contributed by atoms with van der Waals surface area (Å²) >= 11 is 1.34. The van der Waals surface area contributed by atoms with E-state index in [2.05, 4.69) is 15.5 Å². The summed E-state index contributed by atoms with van der Waals surface area (Å²) in [6.07, 6.45) is 1.44. The molecule has 0 atom stereocenters. The van der Waals surface area contributed by atoms with E-state index in [1.165, 1.54) is 30.1 Å². The fourth-order valence-corrected chi connectivity index (χ4v) is 3.21. The van der Waals surface area contributed by atoms with E-state index in [9.17, 15) is 14.7 Å². The molecule has 6 nitrogen and oxygen atoms in total. The molecule has 0 saturated carbocycles. The molecule has 7 heteroatoms. The van der Waals surface area contributed by atoms with Crippen molar-refractivity contribution >= 4 is 40.8 Å². The van der Waals surface area contributed by atoms with E-state index in [0.717, 1.165) is 21.5 Å². The zero-order valence-electron chi connectivity index (χ0n) is 14.5. The zero-order chi connectivity index (χ0) is 19.2. The first kappa shape index (κ1) is 18.6. The summed E-state index contributed by atoms with van der Waals surface area (Å²) in [6.45, 7) is 2.02. The highest BCUT2D eigenvalue weighted by molar-refractivity contribution is 7.99. The van der Waals surface area contributed by atoms with Gasteiger partial charge in [0.05, 0.1) is 28.5 Å². The summed E-state index contributed by atoms with van der Waals surface area (Å²) in [7, 11) is 0. The summed E-state index contributed by atoms with van der Waals surface area (Å²) in [5.41, 5.74) is 5.21. The highest BCUT2D eigenvalue weighted by Crippen LogP contribution is 2.23. The number of benzene rings is 2. The van der Waals surface area contributed by atoms with Gasteiger partial charge in [-0.05, 0) is 35.7 Å². The maximum Gasteiger partial charge on any atom is 0.250 e. The van der Waals surface area contributed by atoms with Gasteiger partial charge in [0.2, 0.25) is 5.91 Å². The first-order valence-corrected chi connectivity index (χ1v) is 9.14. The van der Waals surface area contributed by atoms with Crippen molar-refractivity contribution in [1.29, 1.82) is 0 Å². The average Bonchev–Trinajstić information content (AvgIpc) is 2.67. The molecule has 2 aromatic carbocycles. The zero-order valence-corrected chi connectivity index (χ0v) is 15.3. The maximum absolute atomic E-state index is 11.9. The number of pyridine rings is 1. The first-order chi connectivity index (χ1) is 13.0. The number of hydrogen-bond donors (Lipinski definition) is 1. The van der Waals surface area contributed by atoms with Crippen LogP contribution in [0.15, 0.2) is 64.7 Å². The third-order valence-electron chi connectivity index (χ3n) is 3.80. The molecule has 0 aliphatic carbocycles. The van der Waals surface area contributed by atoms with Crippen LogP contribution < -0.4 is 10.5 Å². The van der Waals surface area contributed by atoms with Crippen LogP contribution in [0.1, 0.15) is 21.5 Å². The number of nitrogens with one attached hydrogen (secondary N) is 1. The van der Waals surface area contributed by atoms with Crippen LogP contribution in [0.4, 0.5) is 0 Å². The van der Waals surface area contributed by atoms with E-state index in [-0.39, 0.29) is 17.2 Å². The Balaban J connectivity index is 1.54. The fourth-order valence-electron chi connectivity index (χ4n) is 2.45. The number of aromatic carboxylic acids is 1. The average molecular weight is 378 g/mol. The molecular formula is C20H16N3O3S-. The van der Waals surface area contributed by atoms with Crippen molar-refractivity contribution in [2.75, 3.05) is 5.75 Å². The second-order valence-corrected chi connectivity index (χ2v) is 6.78. The molecule has 1 N–H and O–H groups in total. The number of fused-ring (bicyclic) bond motifs is 1. The second-order valence-electron chi connectivity index (χ2n) is 5.79. The monoisotopic (exact) mass is 378 g/mol. The van der Waals surface area contributed by atoms with Gasteiger partial charge in [-0.15, -0.1) is 0 Å². The summed E-state index contributed by atoms with van der Waals surface area (Å²) < 4.78 is 0. The lowest BCUT2D eigenvalue weighted by molar-refractivity contribution is -0.255. The van der Waals surface area contributed by atoms with Crippen LogP contribution in [0.25, 0.3) is 10.9 Å². The number of carboxylic acids is 1. The molecule has 0 unspecified atom stereocenters. The number of amides is 1. The Labute approximate surface area is 160 Å². The van der Waals surface area contributed by atoms with Crippen molar-refractivity contribution in [3.8, 4) is 0 Å². The Kier molecular flexibility index (Phi) is 5.83. The Morgan fingerprint density at radius 2 is 1.93 bits per heavy atom. The number of thioether (sulfide) groups is 1. The second kappa shape index (κ2) is 8.46. The number of rotatable bonds is 6. The molecule has 1 heterocycles. The van der Waals surface area contributed by atoms with E-state index in [1.807, 2.05) is 37.3 Å². The van der Waals surface area contributed by atoms with Crippen molar-refractivity contribution in [3.05, 3.63) is 71.3 Å². The molecule has 27 heavy (non-hydrogen) atoms. The van der Waals surface area contributed by atoms with Gasteiger partial charge < -0.3 is 9.90 Å². The van der Waals surface area contributed by atoms with Gasteiger partial charge in [-0.2, -0.15) is 5.10 Å². The van der Waals surface area contributed by atoms with Crippen molar-refractivity contribution in [3.63, 3.8) is 0 Å². The maximum atomic E-state index is 11.9. The SMILES string of the molecule is Cc1cc(SCC(=O)N/N=C\c2ccc(C(=O)[O-])cc2)nc2ccccc12. The topological polar surface area (TPSA) is 94.5 Å². The van der Waals surface area contributed by atoms with Crippen LogP contribution in [0.5, 0.6) is 0 Å². The van der Waals surface area contributed by atoms with Gasteiger partial charge in [-0.3, -0.25) is 4.79 Å². The number of hydrogen-bond acceptors (Lipinski definition) is 6. The largest absolute Gasteiger partial charge is 0.545 e. The summed E-state index contributed by atoms with van der Waals surface area (Å²) in [5.74, 6) is -1.30. The number of carboxylic acid groups (broad SMARTS) is 1. The smallest absolute Gasteiger partial charge is 0.250 e. The molecule has 0 aliphatic rings. The van der Waals surface area contributed by atoms with E-state index >= 15 is 0 Å². The Morgan fingerprint density at radius 1 is 1.19 bits per heavy atom.